The van der Waals surface area contributed by atoms with E-state index in [1.165, 1.54) is 0 Å². The van der Waals surface area contributed by atoms with Crippen LogP contribution in [0.15, 0.2) is 9.52 Å². The highest BCUT2D eigenvalue weighted by Gasteiger charge is 2.22. The third-order valence-electron chi connectivity index (χ3n) is 3.51. The Hall–Kier alpha value is -1.61. The average molecular weight is 374 g/mol. The molecule has 0 saturated carbocycles. The number of aliphatic imine (C=N–C) groups is 1. The summed E-state index contributed by atoms with van der Waals surface area (Å²) in [5.41, 5.74) is 1.32. The molecule has 0 bridgehead atoms. The van der Waals surface area contributed by atoms with Crippen molar-refractivity contribution in [3.63, 3.8) is 0 Å². The van der Waals surface area contributed by atoms with Gasteiger partial charge in [0.15, 0.2) is 5.96 Å². The molecule has 1 aromatic rings. The lowest BCUT2D eigenvalue weighted by Crippen LogP contribution is -2.53. The molecule has 0 saturated heterocycles. The summed E-state index contributed by atoms with van der Waals surface area (Å²) in [5.74, 6) is 1.48. The number of aryl methyl sites for hydroxylation is 2. The normalized spacial score (nSPS) is 13.1. The molecule has 0 radical (unpaired) electrons. The fourth-order valence-electron chi connectivity index (χ4n) is 2.46. The summed E-state index contributed by atoms with van der Waals surface area (Å²) in [6, 6.07) is 0. The van der Waals surface area contributed by atoms with Gasteiger partial charge in [-0.05, 0) is 27.2 Å². The smallest absolute Gasteiger partial charge is 0.209 e. The Balaban J connectivity index is 2.83. The lowest BCUT2D eigenvalue weighted by atomic mass is 10.1. The summed E-state index contributed by atoms with van der Waals surface area (Å²) in [4.78, 5) is 4.59. The second-order valence-electron chi connectivity index (χ2n) is 6.54. The van der Waals surface area contributed by atoms with Gasteiger partial charge in [0.1, 0.15) is 5.76 Å². The monoisotopic (exact) mass is 373 g/mol. The first-order valence-corrected chi connectivity index (χ1v) is 10.5. The van der Waals surface area contributed by atoms with Crippen LogP contribution in [0.3, 0.4) is 0 Å². The van der Waals surface area contributed by atoms with Crippen LogP contribution in [0.4, 0.5) is 0 Å². The van der Waals surface area contributed by atoms with E-state index < -0.39 is 15.6 Å². The molecule has 144 valence electrons. The Morgan fingerprint density at radius 1 is 1.20 bits per heavy atom. The van der Waals surface area contributed by atoms with E-state index in [0.717, 1.165) is 36.1 Å². The zero-order valence-corrected chi connectivity index (χ0v) is 16.9. The van der Waals surface area contributed by atoms with Crippen LogP contribution in [-0.4, -0.2) is 44.4 Å². The van der Waals surface area contributed by atoms with Gasteiger partial charge in [-0.2, -0.15) is 0 Å². The predicted octanol–water partition coefficient (Wildman–Crippen LogP) is 1.18. The molecule has 1 rings (SSSR count). The van der Waals surface area contributed by atoms with Crippen molar-refractivity contribution in [2.75, 3.05) is 19.3 Å². The number of sulfonamides is 1. The maximum Gasteiger partial charge on any atom is 0.209 e. The van der Waals surface area contributed by atoms with Crippen LogP contribution in [0.25, 0.3) is 0 Å². The molecule has 0 unspecified atom stereocenters. The Morgan fingerprint density at radius 3 is 2.40 bits per heavy atom. The van der Waals surface area contributed by atoms with Crippen LogP contribution in [0, 0.1) is 0 Å². The largest absolute Gasteiger partial charge is 0.361 e. The molecule has 9 heteroatoms. The van der Waals surface area contributed by atoms with Crippen molar-refractivity contribution < 1.29 is 12.9 Å². The van der Waals surface area contributed by atoms with Crippen LogP contribution in [0.5, 0.6) is 0 Å². The van der Waals surface area contributed by atoms with E-state index in [1.54, 1.807) is 0 Å². The number of hydrogen-bond acceptors (Lipinski definition) is 5. The number of nitrogens with zero attached hydrogens (tertiary/aromatic N) is 2. The van der Waals surface area contributed by atoms with Crippen molar-refractivity contribution in [3.8, 4) is 0 Å². The zero-order chi connectivity index (χ0) is 19.1. The van der Waals surface area contributed by atoms with Gasteiger partial charge in [-0.3, -0.25) is 0 Å². The SMILES string of the molecule is CCNC(=NCc1c(CC)noc1CC)NCC(C)(C)NS(C)(=O)=O. The summed E-state index contributed by atoms with van der Waals surface area (Å²) >= 11 is 0. The second-order valence-corrected chi connectivity index (χ2v) is 8.29. The van der Waals surface area contributed by atoms with Gasteiger partial charge in [-0.15, -0.1) is 0 Å². The first kappa shape index (κ1) is 21.4. The molecule has 0 aliphatic rings. The highest BCUT2D eigenvalue weighted by atomic mass is 32.2. The Morgan fingerprint density at radius 2 is 1.88 bits per heavy atom. The Labute approximate surface area is 150 Å². The average Bonchev–Trinajstić information content (AvgIpc) is 2.89. The maximum atomic E-state index is 11.4. The van der Waals surface area contributed by atoms with E-state index in [1.807, 2.05) is 34.6 Å². The van der Waals surface area contributed by atoms with E-state index in [4.69, 9.17) is 4.52 Å². The van der Waals surface area contributed by atoms with Crippen molar-refractivity contribution in [1.29, 1.82) is 0 Å². The topological polar surface area (TPSA) is 109 Å². The van der Waals surface area contributed by atoms with Crippen LogP contribution in [-0.2, 0) is 29.4 Å². The Bertz CT molecular complexity index is 658. The van der Waals surface area contributed by atoms with Crippen molar-refractivity contribution in [3.05, 3.63) is 17.0 Å². The molecule has 0 amide bonds. The van der Waals surface area contributed by atoms with Crippen molar-refractivity contribution >= 4 is 16.0 Å². The third kappa shape index (κ3) is 7.43. The van der Waals surface area contributed by atoms with Gasteiger partial charge in [-0.25, -0.2) is 18.1 Å². The van der Waals surface area contributed by atoms with Gasteiger partial charge in [-0.1, -0.05) is 19.0 Å². The van der Waals surface area contributed by atoms with Gasteiger partial charge in [0.05, 0.1) is 18.5 Å². The maximum absolute atomic E-state index is 11.4. The molecule has 0 aliphatic heterocycles. The third-order valence-corrected chi connectivity index (χ3v) is 4.43. The summed E-state index contributed by atoms with van der Waals surface area (Å²) in [5, 5.41) is 10.4. The van der Waals surface area contributed by atoms with Crippen LogP contribution in [0.1, 0.15) is 51.6 Å². The molecule has 0 spiro atoms. The van der Waals surface area contributed by atoms with E-state index in [0.29, 0.717) is 25.6 Å². The molecular weight excluding hydrogens is 342 g/mol. The number of rotatable bonds is 9. The van der Waals surface area contributed by atoms with Crippen LogP contribution >= 0.6 is 0 Å². The van der Waals surface area contributed by atoms with E-state index in [9.17, 15) is 8.42 Å². The van der Waals surface area contributed by atoms with Gasteiger partial charge >= 0.3 is 0 Å². The first-order valence-electron chi connectivity index (χ1n) is 8.59. The molecule has 0 aromatic carbocycles. The zero-order valence-electron chi connectivity index (χ0n) is 16.1. The standard InChI is InChI=1S/C16H31N5O3S/c1-7-13-12(14(8-2)24-20-13)10-18-15(17-9-3)19-11-16(4,5)21-25(6,22)23/h21H,7-11H2,1-6H3,(H2,17,18,19). The fraction of sp³-hybridized carbons (Fsp3) is 0.750. The van der Waals surface area contributed by atoms with E-state index in [2.05, 4.69) is 25.5 Å². The molecule has 3 N–H and O–H groups in total. The molecule has 0 fully saturated rings. The Kier molecular flexibility index (Phi) is 7.88. The minimum atomic E-state index is -3.28. The van der Waals surface area contributed by atoms with Gasteiger partial charge < -0.3 is 15.2 Å². The molecule has 8 nitrogen and oxygen atoms in total. The quantitative estimate of drug-likeness (QED) is 0.443. The van der Waals surface area contributed by atoms with Gasteiger partial charge in [0.25, 0.3) is 0 Å². The molecule has 25 heavy (non-hydrogen) atoms. The van der Waals surface area contributed by atoms with Gasteiger partial charge in [0.2, 0.25) is 10.0 Å². The van der Waals surface area contributed by atoms with E-state index in [-0.39, 0.29) is 0 Å². The minimum Gasteiger partial charge on any atom is -0.361 e. The lowest BCUT2D eigenvalue weighted by molar-refractivity contribution is 0.380. The van der Waals surface area contributed by atoms with Crippen LogP contribution < -0.4 is 15.4 Å². The molecule has 1 aromatic heterocycles. The predicted molar refractivity (Wildman–Crippen MR) is 100 cm³/mol. The van der Waals surface area contributed by atoms with Gasteiger partial charge in [0, 0.05) is 30.6 Å². The molecular formula is C16H31N5O3S. The molecule has 1 heterocycles. The fourth-order valence-corrected chi connectivity index (χ4v) is 3.54. The summed E-state index contributed by atoms with van der Waals surface area (Å²) in [6.07, 6.45) is 2.72. The lowest BCUT2D eigenvalue weighted by Gasteiger charge is -2.26. The number of hydrogen-bond donors (Lipinski definition) is 3. The number of guanidine groups is 1. The van der Waals surface area contributed by atoms with Crippen molar-refractivity contribution in [1.82, 2.24) is 20.5 Å². The summed E-state index contributed by atoms with van der Waals surface area (Å²) < 4.78 is 30.8. The van der Waals surface area contributed by atoms with E-state index >= 15 is 0 Å². The highest BCUT2D eigenvalue weighted by Crippen LogP contribution is 2.16. The summed E-state index contributed by atoms with van der Waals surface area (Å²) in [6.45, 7) is 11.2. The molecule has 0 atom stereocenters. The number of nitrogens with one attached hydrogen (secondary N) is 3. The van der Waals surface area contributed by atoms with Crippen molar-refractivity contribution in [2.24, 2.45) is 4.99 Å². The molecule has 0 aliphatic carbocycles. The highest BCUT2D eigenvalue weighted by molar-refractivity contribution is 7.88. The van der Waals surface area contributed by atoms with Crippen LogP contribution in [0.2, 0.25) is 0 Å². The minimum absolute atomic E-state index is 0.400. The number of aromatic nitrogens is 1. The summed E-state index contributed by atoms with van der Waals surface area (Å²) in [7, 11) is -3.28. The second kappa shape index (κ2) is 9.19. The van der Waals surface area contributed by atoms with Crippen molar-refractivity contribution in [2.45, 2.75) is 59.5 Å². The first-order chi connectivity index (χ1) is 11.6.